The van der Waals surface area contributed by atoms with E-state index in [1.54, 1.807) is 0 Å². The molecule has 3 N–H and O–H groups in total. The fraction of sp³-hybridized carbons (Fsp3) is 0.385. The Morgan fingerprint density at radius 2 is 2.19 bits per heavy atom. The van der Waals surface area contributed by atoms with Crippen LogP contribution in [0.2, 0.25) is 0 Å². The zero-order valence-electron chi connectivity index (χ0n) is 9.79. The molecule has 86 valence electrons. The van der Waals surface area contributed by atoms with Crippen LogP contribution in [0, 0.1) is 6.92 Å². The predicted molar refractivity (Wildman–Crippen MR) is 66.3 cm³/mol. The molecule has 3 nitrogen and oxygen atoms in total. The molecule has 0 spiro atoms. The number of aryl methyl sites for hydroxylation is 1. The van der Waals surface area contributed by atoms with Gasteiger partial charge in [0.05, 0.1) is 6.54 Å². The van der Waals surface area contributed by atoms with Crippen molar-refractivity contribution in [3.63, 3.8) is 0 Å². The van der Waals surface area contributed by atoms with E-state index in [0.717, 1.165) is 23.3 Å². The average molecular weight is 218 g/mol. The molecule has 1 aromatic heterocycles. The molecule has 0 aliphatic heterocycles. The molecule has 0 aliphatic carbocycles. The summed E-state index contributed by atoms with van der Waals surface area (Å²) in [5.41, 5.74) is 7.74. The molecule has 1 atom stereocenters. The second-order valence-electron chi connectivity index (χ2n) is 4.27. The second-order valence-corrected chi connectivity index (χ2v) is 4.27. The van der Waals surface area contributed by atoms with Crippen molar-refractivity contribution in [2.24, 2.45) is 5.73 Å². The van der Waals surface area contributed by atoms with Crippen molar-refractivity contribution in [1.29, 1.82) is 0 Å². The summed E-state index contributed by atoms with van der Waals surface area (Å²) < 4.78 is 5.71. The third-order valence-electron chi connectivity index (χ3n) is 2.70. The first kappa shape index (κ1) is 11.2. The van der Waals surface area contributed by atoms with Crippen molar-refractivity contribution in [3.05, 3.63) is 35.6 Å². The number of hydrogen-bond donors (Lipinski definition) is 2. The summed E-state index contributed by atoms with van der Waals surface area (Å²) in [4.78, 5) is 0. The van der Waals surface area contributed by atoms with Gasteiger partial charge in [0.2, 0.25) is 0 Å². The minimum Gasteiger partial charge on any atom is -0.460 e. The number of fused-ring (bicyclic) bond motifs is 1. The molecule has 2 rings (SSSR count). The van der Waals surface area contributed by atoms with Crippen LogP contribution in [0.25, 0.3) is 11.0 Å². The first-order valence-corrected chi connectivity index (χ1v) is 5.61. The highest BCUT2D eigenvalue weighted by atomic mass is 16.3. The van der Waals surface area contributed by atoms with E-state index in [0.29, 0.717) is 12.6 Å². The lowest BCUT2D eigenvalue weighted by atomic mass is 10.2. The van der Waals surface area contributed by atoms with Gasteiger partial charge in [-0.2, -0.15) is 0 Å². The van der Waals surface area contributed by atoms with Gasteiger partial charge in [-0.1, -0.05) is 11.6 Å². The smallest absolute Gasteiger partial charge is 0.134 e. The van der Waals surface area contributed by atoms with E-state index < -0.39 is 0 Å². The minimum absolute atomic E-state index is 0.315. The van der Waals surface area contributed by atoms with Gasteiger partial charge in [0.15, 0.2) is 0 Å². The highest BCUT2D eigenvalue weighted by molar-refractivity contribution is 5.78. The Labute approximate surface area is 95.6 Å². The summed E-state index contributed by atoms with van der Waals surface area (Å²) in [5.74, 6) is 0.959. The summed E-state index contributed by atoms with van der Waals surface area (Å²) in [6.45, 7) is 5.51. The molecule has 3 heteroatoms. The van der Waals surface area contributed by atoms with Crippen molar-refractivity contribution in [3.8, 4) is 0 Å². The Morgan fingerprint density at radius 3 is 2.94 bits per heavy atom. The van der Waals surface area contributed by atoms with E-state index in [1.165, 1.54) is 5.56 Å². The maximum atomic E-state index is 5.71. The SMILES string of the molecule is Cc1ccc2oc(CN[C@@H](C)CN)cc2c1. The monoisotopic (exact) mass is 218 g/mol. The third kappa shape index (κ3) is 2.43. The van der Waals surface area contributed by atoms with Gasteiger partial charge in [-0.25, -0.2) is 0 Å². The molecule has 0 unspecified atom stereocenters. The van der Waals surface area contributed by atoms with Crippen LogP contribution in [0.1, 0.15) is 18.2 Å². The molecular weight excluding hydrogens is 200 g/mol. The molecule has 1 aromatic carbocycles. The number of rotatable bonds is 4. The van der Waals surface area contributed by atoms with Crippen molar-refractivity contribution in [1.82, 2.24) is 5.32 Å². The van der Waals surface area contributed by atoms with Gasteiger partial charge in [-0.3, -0.25) is 0 Å². The molecular formula is C13H18N2O. The topological polar surface area (TPSA) is 51.2 Å². The predicted octanol–water partition coefficient (Wildman–Crippen LogP) is 2.18. The maximum absolute atomic E-state index is 5.71. The van der Waals surface area contributed by atoms with Crippen molar-refractivity contribution in [2.45, 2.75) is 26.4 Å². The summed E-state index contributed by atoms with van der Waals surface area (Å²) in [7, 11) is 0. The van der Waals surface area contributed by atoms with E-state index in [-0.39, 0.29) is 0 Å². The van der Waals surface area contributed by atoms with Crippen LogP contribution in [-0.2, 0) is 6.54 Å². The van der Waals surface area contributed by atoms with E-state index >= 15 is 0 Å². The van der Waals surface area contributed by atoms with Crippen LogP contribution in [0.15, 0.2) is 28.7 Å². The zero-order chi connectivity index (χ0) is 11.5. The minimum atomic E-state index is 0.315. The standard InChI is InChI=1S/C13H18N2O/c1-9-3-4-13-11(5-9)6-12(16-13)8-15-10(2)7-14/h3-6,10,15H,7-8,14H2,1-2H3/t10-/m0/s1. The third-order valence-corrected chi connectivity index (χ3v) is 2.70. The van der Waals surface area contributed by atoms with Gasteiger partial charge in [0.1, 0.15) is 11.3 Å². The Bertz CT molecular complexity index is 476. The van der Waals surface area contributed by atoms with Gasteiger partial charge in [-0.05, 0) is 32.0 Å². The number of nitrogens with two attached hydrogens (primary N) is 1. The molecule has 0 saturated heterocycles. The molecule has 0 amide bonds. The van der Waals surface area contributed by atoms with E-state index in [4.69, 9.17) is 10.2 Å². The fourth-order valence-corrected chi connectivity index (χ4v) is 1.66. The molecule has 0 saturated carbocycles. The van der Waals surface area contributed by atoms with Gasteiger partial charge >= 0.3 is 0 Å². The summed E-state index contributed by atoms with van der Waals surface area (Å²) >= 11 is 0. The van der Waals surface area contributed by atoms with Gasteiger partial charge in [-0.15, -0.1) is 0 Å². The lowest BCUT2D eigenvalue weighted by Crippen LogP contribution is -2.32. The molecule has 16 heavy (non-hydrogen) atoms. The van der Waals surface area contributed by atoms with Crippen LogP contribution in [-0.4, -0.2) is 12.6 Å². The normalized spacial score (nSPS) is 13.2. The van der Waals surface area contributed by atoms with Gasteiger partial charge < -0.3 is 15.5 Å². The quantitative estimate of drug-likeness (QED) is 0.827. The number of benzene rings is 1. The first-order chi connectivity index (χ1) is 7.69. The molecule has 0 bridgehead atoms. The molecule has 0 aliphatic rings. The van der Waals surface area contributed by atoms with Crippen LogP contribution < -0.4 is 11.1 Å². The van der Waals surface area contributed by atoms with E-state index in [2.05, 4.69) is 37.4 Å². The van der Waals surface area contributed by atoms with Crippen LogP contribution in [0.5, 0.6) is 0 Å². The molecule has 2 aromatic rings. The fourth-order valence-electron chi connectivity index (χ4n) is 1.66. The average Bonchev–Trinajstić information content (AvgIpc) is 2.67. The van der Waals surface area contributed by atoms with Gasteiger partial charge in [0, 0.05) is 18.0 Å². The van der Waals surface area contributed by atoms with Crippen LogP contribution >= 0.6 is 0 Å². The Kier molecular flexibility index (Phi) is 3.27. The number of hydrogen-bond acceptors (Lipinski definition) is 3. The van der Waals surface area contributed by atoms with Crippen molar-refractivity contribution >= 4 is 11.0 Å². The lowest BCUT2D eigenvalue weighted by Gasteiger charge is -2.08. The Morgan fingerprint density at radius 1 is 1.38 bits per heavy atom. The van der Waals surface area contributed by atoms with Crippen molar-refractivity contribution in [2.75, 3.05) is 6.54 Å². The van der Waals surface area contributed by atoms with Gasteiger partial charge in [0.25, 0.3) is 0 Å². The first-order valence-electron chi connectivity index (χ1n) is 5.61. The van der Waals surface area contributed by atoms with E-state index in [9.17, 15) is 0 Å². The summed E-state index contributed by atoms with van der Waals surface area (Å²) in [6, 6.07) is 8.61. The van der Waals surface area contributed by atoms with Crippen molar-refractivity contribution < 1.29 is 4.42 Å². The molecule has 0 fully saturated rings. The number of furan rings is 1. The maximum Gasteiger partial charge on any atom is 0.134 e. The second kappa shape index (κ2) is 4.68. The Balaban J connectivity index is 2.13. The largest absolute Gasteiger partial charge is 0.460 e. The van der Waals surface area contributed by atoms with Crippen LogP contribution in [0.3, 0.4) is 0 Å². The summed E-state index contributed by atoms with van der Waals surface area (Å²) in [5, 5.41) is 4.47. The summed E-state index contributed by atoms with van der Waals surface area (Å²) in [6.07, 6.45) is 0. The zero-order valence-corrected chi connectivity index (χ0v) is 9.79. The number of nitrogens with one attached hydrogen (secondary N) is 1. The van der Waals surface area contributed by atoms with E-state index in [1.807, 2.05) is 6.07 Å². The molecule has 1 heterocycles. The lowest BCUT2D eigenvalue weighted by molar-refractivity contribution is 0.478. The highest BCUT2D eigenvalue weighted by Crippen LogP contribution is 2.20. The van der Waals surface area contributed by atoms with Crippen LogP contribution in [0.4, 0.5) is 0 Å². The molecule has 0 radical (unpaired) electrons. The highest BCUT2D eigenvalue weighted by Gasteiger charge is 2.05. The Hall–Kier alpha value is -1.32.